The lowest BCUT2D eigenvalue weighted by Gasteiger charge is -2.18. The first-order valence-electron chi connectivity index (χ1n) is 7.38. The lowest BCUT2D eigenvalue weighted by Crippen LogP contribution is -2.39. The smallest absolute Gasteiger partial charge is 0.241 e. The van der Waals surface area contributed by atoms with E-state index in [1.807, 2.05) is 25.1 Å². The summed E-state index contributed by atoms with van der Waals surface area (Å²) in [6.45, 7) is 2.98. The van der Waals surface area contributed by atoms with Crippen molar-refractivity contribution in [1.82, 2.24) is 5.32 Å². The summed E-state index contributed by atoms with van der Waals surface area (Å²) in [5.41, 5.74) is 1.90. The van der Waals surface area contributed by atoms with Gasteiger partial charge in [0.2, 0.25) is 5.91 Å². The third kappa shape index (κ3) is 2.40. The van der Waals surface area contributed by atoms with E-state index in [4.69, 9.17) is 4.74 Å². The molecule has 1 aromatic carbocycles. The van der Waals surface area contributed by atoms with Crippen LogP contribution in [0.4, 0.5) is 5.69 Å². The van der Waals surface area contributed by atoms with Gasteiger partial charge in [-0.15, -0.1) is 0 Å². The van der Waals surface area contributed by atoms with E-state index in [1.165, 1.54) is 19.3 Å². The molecule has 0 aromatic heterocycles. The van der Waals surface area contributed by atoms with Crippen LogP contribution in [0, 0.1) is 18.8 Å². The summed E-state index contributed by atoms with van der Waals surface area (Å²) in [6, 6.07) is 5.70. The first kappa shape index (κ1) is 13.4. The maximum absolute atomic E-state index is 12.5. The van der Waals surface area contributed by atoms with Gasteiger partial charge in [-0.25, -0.2) is 0 Å². The van der Waals surface area contributed by atoms with Crippen LogP contribution < -0.4 is 15.4 Å². The number of aryl methyl sites for hydroxylation is 1. The van der Waals surface area contributed by atoms with Crippen LogP contribution in [0.1, 0.15) is 24.8 Å². The number of rotatable bonds is 3. The first-order valence-corrected chi connectivity index (χ1v) is 7.38. The average Bonchev–Trinajstić information content (AvgIpc) is 3.03. The molecule has 2 N–H and O–H groups in total. The molecule has 1 saturated carbocycles. The summed E-state index contributed by atoms with van der Waals surface area (Å²) < 4.78 is 5.19. The lowest BCUT2D eigenvalue weighted by molar-refractivity contribution is -0.118. The quantitative estimate of drug-likeness (QED) is 0.889. The van der Waals surface area contributed by atoms with Crippen molar-refractivity contribution in [1.29, 1.82) is 0 Å². The summed E-state index contributed by atoms with van der Waals surface area (Å²) in [5, 5.41) is 6.44. The predicted octanol–water partition coefficient (Wildman–Crippen LogP) is 2.33. The minimum absolute atomic E-state index is 0.0241. The normalized spacial score (nSPS) is 28.2. The van der Waals surface area contributed by atoms with Gasteiger partial charge in [0, 0.05) is 5.69 Å². The summed E-state index contributed by atoms with van der Waals surface area (Å²) >= 11 is 0. The summed E-state index contributed by atoms with van der Waals surface area (Å²) in [7, 11) is 1.65. The van der Waals surface area contributed by atoms with Gasteiger partial charge in [0.25, 0.3) is 0 Å². The van der Waals surface area contributed by atoms with E-state index in [0.717, 1.165) is 23.5 Å². The predicted molar refractivity (Wildman–Crippen MR) is 79.0 cm³/mol. The van der Waals surface area contributed by atoms with Gasteiger partial charge >= 0.3 is 0 Å². The molecule has 1 aliphatic heterocycles. The van der Waals surface area contributed by atoms with Crippen molar-refractivity contribution >= 4 is 11.6 Å². The Bertz CT molecular complexity index is 515. The number of carbonyl (C=O) groups is 1. The Hall–Kier alpha value is -1.55. The Morgan fingerprint density at radius 1 is 1.40 bits per heavy atom. The Balaban J connectivity index is 1.70. The van der Waals surface area contributed by atoms with Gasteiger partial charge in [-0.1, -0.05) is 6.42 Å². The van der Waals surface area contributed by atoms with Gasteiger partial charge < -0.3 is 15.4 Å². The second kappa shape index (κ2) is 5.44. The van der Waals surface area contributed by atoms with Crippen molar-refractivity contribution in [3.05, 3.63) is 23.8 Å². The molecular formula is C16H22N2O2. The molecule has 0 spiro atoms. The molecule has 1 aromatic rings. The molecule has 0 bridgehead atoms. The average molecular weight is 274 g/mol. The van der Waals surface area contributed by atoms with E-state index in [0.29, 0.717) is 11.8 Å². The Morgan fingerprint density at radius 3 is 3.00 bits per heavy atom. The molecule has 1 aliphatic carbocycles. The summed E-state index contributed by atoms with van der Waals surface area (Å²) in [6.07, 6.45) is 3.71. The molecule has 1 saturated heterocycles. The number of amides is 1. The molecule has 2 aliphatic rings. The maximum Gasteiger partial charge on any atom is 0.241 e. The SMILES string of the molecule is COc1ccc(NC(=O)C2NCC3CCCC32)c(C)c1. The number of nitrogens with one attached hydrogen (secondary N) is 2. The van der Waals surface area contributed by atoms with E-state index >= 15 is 0 Å². The fourth-order valence-electron chi connectivity index (χ4n) is 3.59. The molecule has 2 fully saturated rings. The monoisotopic (exact) mass is 274 g/mol. The van der Waals surface area contributed by atoms with E-state index in [9.17, 15) is 4.79 Å². The van der Waals surface area contributed by atoms with Gasteiger partial charge in [-0.3, -0.25) is 4.79 Å². The number of carbonyl (C=O) groups excluding carboxylic acids is 1. The van der Waals surface area contributed by atoms with Crippen LogP contribution in [0.3, 0.4) is 0 Å². The molecule has 0 radical (unpaired) electrons. The topological polar surface area (TPSA) is 50.4 Å². The summed E-state index contributed by atoms with van der Waals surface area (Å²) in [5.74, 6) is 2.14. The van der Waals surface area contributed by atoms with Crippen molar-refractivity contribution in [2.75, 3.05) is 19.0 Å². The summed E-state index contributed by atoms with van der Waals surface area (Å²) in [4.78, 5) is 12.5. The zero-order valence-electron chi connectivity index (χ0n) is 12.1. The van der Waals surface area contributed by atoms with Crippen LogP contribution in [0.25, 0.3) is 0 Å². The van der Waals surface area contributed by atoms with E-state index < -0.39 is 0 Å². The molecule has 3 atom stereocenters. The molecule has 1 amide bonds. The highest BCUT2D eigenvalue weighted by Gasteiger charge is 2.42. The van der Waals surface area contributed by atoms with Crippen LogP contribution in [0.2, 0.25) is 0 Å². The highest BCUT2D eigenvalue weighted by atomic mass is 16.5. The molecule has 1 heterocycles. The van der Waals surface area contributed by atoms with E-state index in [2.05, 4.69) is 10.6 Å². The number of methoxy groups -OCH3 is 1. The molecule has 20 heavy (non-hydrogen) atoms. The van der Waals surface area contributed by atoms with Crippen molar-refractivity contribution in [2.45, 2.75) is 32.2 Å². The minimum Gasteiger partial charge on any atom is -0.497 e. The number of ether oxygens (including phenoxy) is 1. The minimum atomic E-state index is -0.0241. The van der Waals surface area contributed by atoms with Gasteiger partial charge in [0.05, 0.1) is 13.2 Å². The highest BCUT2D eigenvalue weighted by molar-refractivity contribution is 5.96. The van der Waals surface area contributed by atoms with E-state index in [-0.39, 0.29) is 11.9 Å². The molecular weight excluding hydrogens is 252 g/mol. The van der Waals surface area contributed by atoms with Crippen molar-refractivity contribution < 1.29 is 9.53 Å². The van der Waals surface area contributed by atoms with Crippen molar-refractivity contribution in [3.8, 4) is 5.75 Å². The van der Waals surface area contributed by atoms with Crippen LogP contribution in [0.5, 0.6) is 5.75 Å². The fourth-order valence-corrected chi connectivity index (χ4v) is 3.59. The Morgan fingerprint density at radius 2 is 2.25 bits per heavy atom. The number of anilines is 1. The lowest BCUT2D eigenvalue weighted by atomic mass is 9.93. The van der Waals surface area contributed by atoms with Crippen LogP contribution in [-0.4, -0.2) is 25.6 Å². The van der Waals surface area contributed by atoms with Crippen molar-refractivity contribution in [3.63, 3.8) is 0 Å². The highest BCUT2D eigenvalue weighted by Crippen LogP contribution is 2.38. The molecule has 4 nitrogen and oxygen atoms in total. The van der Waals surface area contributed by atoms with Gasteiger partial charge in [0.1, 0.15) is 5.75 Å². The molecule has 4 heteroatoms. The third-order valence-electron chi connectivity index (χ3n) is 4.72. The number of benzene rings is 1. The number of hydrogen-bond acceptors (Lipinski definition) is 3. The second-order valence-corrected chi connectivity index (χ2v) is 5.91. The third-order valence-corrected chi connectivity index (χ3v) is 4.72. The second-order valence-electron chi connectivity index (χ2n) is 5.91. The van der Waals surface area contributed by atoms with Gasteiger partial charge in [-0.2, -0.15) is 0 Å². The maximum atomic E-state index is 12.5. The Labute approximate surface area is 119 Å². The van der Waals surface area contributed by atoms with Gasteiger partial charge in [-0.05, 0) is 61.9 Å². The van der Waals surface area contributed by atoms with Crippen LogP contribution in [-0.2, 0) is 4.79 Å². The molecule has 3 rings (SSSR count). The zero-order chi connectivity index (χ0) is 14.1. The van der Waals surface area contributed by atoms with Gasteiger partial charge in [0.15, 0.2) is 0 Å². The first-order chi connectivity index (χ1) is 9.69. The Kier molecular flexibility index (Phi) is 3.66. The largest absolute Gasteiger partial charge is 0.497 e. The standard InChI is InChI=1S/C16H22N2O2/c1-10-8-12(20-2)6-7-14(10)18-16(19)15-13-5-3-4-11(13)9-17-15/h6-8,11,13,15,17H,3-5,9H2,1-2H3,(H,18,19). The van der Waals surface area contributed by atoms with Crippen LogP contribution in [0.15, 0.2) is 18.2 Å². The molecule has 3 unspecified atom stereocenters. The number of fused-ring (bicyclic) bond motifs is 1. The molecule has 108 valence electrons. The van der Waals surface area contributed by atoms with E-state index in [1.54, 1.807) is 7.11 Å². The zero-order valence-corrected chi connectivity index (χ0v) is 12.1. The van der Waals surface area contributed by atoms with Crippen molar-refractivity contribution in [2.24, 2.45) is 11.8 Å². The van der Waals surface area contributed by atoms with Crippen LogP contribution >= 0.6 is 0 Å². The fraction of sp³-hybridized carbons (Fsp3) is 0.562. The number of hydrogen-bond donors (Lipinski definition) is 2.